The van der Waals surface area contributed by atoms with Gasteiger partial charge in [0, 0.05) is 25.4 Å². The van der Waals surface area contributed by atoms with Crippen LogP contribution in [0.2, 0.25) is 0 Å². The number of hydrazine groups is 2. The van der Waals surface area contributed by atoms with Gasteiger partial charge in [-0.3, -0.25) is 9.89 Å². The first-order valence-corrected chi connectivity index (χ1v) is 7.71. The van der Waals surface area contributed by atoms with Crippen LogP contribution in [-0.4, -0.2) is 41.2 Å². The number of hydrogen-bond donors (Lipinski definition) is 4. The molecule has 0 saturated heterocycles. The number of anilines is 1. The van der Waals surface area contributed by atoms with E-state index in [4.69, 9.17) is 0 Å². The molecule has 0 unspecified atom stereocenters. The molecule has 2 amide bonds. The summed E-state index contributed by atoms with van der Waals surface area (Å²) in [5.41, 5.74) is 9.12. The first-order chi connectivity index (χ1) is 11.5. The number of benzene rings is 1. The van der Waals surface area contributed by atoms with Gasteiger partial charge in [0.15, 0.2) is 5.78 Å². The standard InChI is InChI=1S/C16H20N6O2/c1-8(2)13-12-14(21-20-13)9-6-5-7-10(11(9)15(12)23)19-16(24)22(17-3)18-4/h5-8,17-18H,1-4H3,(H,19,24)(H,20,21). The zero-order valence-corrected chi connectivity index (χ0v) is 14.0. The highest BCUT2D eigenvalue weighted by molar-refractivity contribution is 6.25. The summed E-state index contributed by atoms with van der Waals surface area (Å²) in [6.07, 6.45) is 0. The molecule has 8 nitrogen and oxygen atoms in total. The van der Waals surface area contributed by atoms with Crippen molar-refractivity contribution < 1.29 is 9.59 Å². The number of hydrogen-bond acceptors (Lipinski definition) is 5. The van der Waals surface area contributed by atoms with Crippen molar-refractivity contribution in [3.63, 3.8) is 0 Å². The summed E-state index contributed by atoms with van der Waals surface area (Å²) >= 11 is 0. The van der Waals surface area contributed by atoms with Crippen LogP contribution in [0.15, 0.2) is 18.2 Å². The van der Waals surface area contributed by atoms with E-state index < -0.39 is 6.03 Å². The molecule has 1 aliphatic carbocycles. The van der Waals surface area contributed by atoms with Crippen LogP contribution in [0.5, 0.6) is 0 Å². The molecule has 0 spiro atoms. The highest BCUT2D eigenvalue weighted by Crippen LogP contribution is 2.41. The molecule has 4 N–H and O–H groups in total. The molecule has 8 heteroatoms. The highest BCUT2D eigenvalue weighted by atomic mass is 16.2. The van der Waals surface area contributed by atoms with E-state index in [-0.39, 0.29) is 11.7 Å². The lowest BCUT2D eigenvalue weighted by Crippen LogP contribution is -2.50. The second-order valence-corrected chi connectivity index (χ2v) is 5.79. The van der Waals surface area contributed by atoms with Crippen molar-refractivity contribution >= 4 is 17.5 Å². The van der Waals surface area contributed by atoms with Crippen LogP contribution in [-0.2, 0) is 0 Å². The molecular formula is C16H20N6O2. The number of rotatable bonds is 4. The number of carbonyl (C=O) groups is 2. The molecule has 3 rings (SSSR count). The Morgan fingerprint density at radius 3 is 2.54 bits per heavy atom. The predicted octanol–water partition coefficient (Wildman–Crippen LogP) is 1.85. The first-order valence-electron chi connectivity index (χ1n) is 7.71. The largest absolute Gasteiger partial charge is 0.351 e. The average molecular weight is 328 g/mol. The van der Waals surface area contributed by atoms with Crippen molar-refractivity contribution in [2.24, 2.45) is 0 Å². The number of nitrogens with zero attached hydrogens (tertiary/aromatic N) is 2. The van der Waals surface area contributed by atoms with Gasteiger partial charge < -0.3 is 5.32 Å². The Bertz CT molecular complexity index is 807. The third-order valence-corrected chi connectivity index (χ3v) is 4.04. The number of aromatic nitrogens is 2. The fraction of sp³-hybridized carbons (Fsp3) is 0.312. The molecule has 0 saturated carbocycles. The number of amides is 2. The molecule has 1 aromatic carbocycles. The van der Waals surface area contributed by atoms with Crippen LogP contribution in [0.3, 0.4) is 0 Å². The van der Waals surface area contributed by atoms with Gasteiger partial charge in [0.2, 0.25) is 0 Å². The summed E-state index contributed by atoms with van der Waals surface area (Å²) in [5, 5.41) is 11.2. The van der Waals surface area contributed by atoms with Crippen molar-refractivity contribution in [2.75, 3.05) is 19.4 Å². The quantitative estimate of drug-likeness (QED) is 0.547. The Balaban J connectivity index is 2.02. The van der Waals surface area contributed by atoms with Gasteiger partial charge in [-0.05, 0) is 12.0 Å². The number of carbonyl (C=O) groups excluding carboxylic acids is 2. The second-order valence-electron chi connectivity index (χ2n) is 5.79. The Morgan fingerprint density at radius 1 is 1.21 bits per heavy atom. The average Bonchev–Trinajstić information content (AvgIpc) is 3.10. The maximum absolute atomic E-state index is 12.9. The molecule has 2 aromatic rings. The molecule has 0 aliphatic heterocycles. The van der Waals surface area contributed by atoms with Crippen LogP contribution in [0.1, 0.15) is 41.4 Å². The van der Waals surface area contributed by atoms with Crippen molar-refractivity contribution in [3.8, 4) is 11.3 Å². The summed E-state index contributed by atoms with van der Waals surface area (Å²) in [5.74, 6) is 0.0374. The van der Waals surface area contributed by atoms with E-state index in [1.165, 1.54) is 5.12 Å². The monoisotopic (exact) mass is 328 g/mol. The van der Waals surface area contributed by atoms with E-state index in [0.717, 1.165) is 11.3 Å². The molecule has 1 aromatic heterocycles. The smallest absolute Gasteiger partial charge is 0.305 e. The van der Waals surface area contributed by atoms with Crippen LogP contribution < -0.4 is 16.2 Å². The minimum absolute atomic E-state index is 0.117. The van der Waals surface area contributed by atoms with Gasteiger partial charge in [-0.25, -0.2) is 15.6 Å². The molecule has 126 valence electrons. The third kappa shape index (κ3) is 2.36. The minimum atomic E-state index is -0.420. The number of fused-ring (bicyclic) bond motifs is 3. The highest BCUT2D eigenvalue weighted by Gasteiger charge is 2.35. The Hall–Kier alpha value is -2.71. The maximum Gasteiger partial charge on any atom is 0.351 e. The fourth-order valence-corrected chi connectivity index (χ4v) is 2.91. The molecule has 1 heterocycles. The Morgan fingerprint density at radius 2 is 1.92 bits per heavy atom. The minimum Gasteiger partial charge on any atom is -0.305 e. The number of H-pyrrole nitrogens is 1. The van der Waals surface area contributed by atoms with Gasteiger partial charge >= 0.3 is 6.03 Å². The first kappa shape index (κ1) is 16.2. The lowest BCUT2D eigenvalue weighted by atomic mass is 10.0. The molecule has 0 atom stereocenters. The molecule has 1 aliphatic rings. The molecule has 0 radical (unpaired) electrons. The van der Waals surface area contributed by atoms with Gasteiger partial charge in [0.05, 0.1) is 16.8 Å². The number of aromatic amines is 1. The summed E-state index contributed by atoms with van der Waals surface area (Å²) in [7, 11) is 3.22. The predicted molar refractivity (Wildman–Crippen MR) is 90.5 cm³/mol. The second kappa shape index (κ2) is 6.06. The SMILES string of the molecule is CNN(NC)C(=O)Nc1cccc2c1C(=O)c1c-2n[nH]c1C(C)C. The maximum atomic E-state index is 12.9. The van der Waals surface area contributed by atoms with Crippen molar-refractivity contribution in [2.45, 2.75) is 19.8 Å². The zero-order chi connectivity index (χ0) is 17.4. The number of ketones is 1. The van der Waals surface area contributed by atoms with Gasteiger partial charge in [-0.1, -0.05) is 26.0 Å². The number of nitrogens with one attached hydrogen (secondary N) is 4. The van der Waals surface area contributed by atoms with Crippen LogP contribution in [0.25, 0.3) is 11.3 Å². The Labute approximate surface area is 139 Å². The van der Waals surface area contributed by atoms with E-state index >= 15 is 0 Å². The summed E-state index contributed by atoms with van der Waals surface area (Å²) in [6, 6.07) is 4.93. The van der Waals surface area contributed by atoms with E-state index in [2.05, 4.69) is 26.4 Å². The van der Waals surface area contributed by atoms with Crippen LogP contribution in [0.4, 0.5) is 10.5 Å². The van der Waals surface area contributed by atoms with Gasteiger partial charge in [-0.15, -0.1) is 0 Å². The third-order valence-electron chi connectivity index (χ3n) is 4.04. The molecule has 0 bridgehead atoms. The van der Waals surface area contributed by atoms with Crippen molar-refractivity contribution in [3.05, 3.63) is 35.0 Å². The molecule has 0 fully saturated rings. The Kier molecular flexibility index (Phi) is 4.08. The number of urea groups is 1. The van der Waals surface area contributed by atoms with Gasteiger partial charge in [0.1, 0.15) is 5.69 Å². The fourth-order valence-electron chi connectivity index (χ4n) is 2.91. The lowest BCUT2D eigenvalue weighted by Gasteiger charge is -2.20. The molecular weight excluding hydrogens is 308 g/mol. The van der Waals surface area contributed by atoms with E-state index in [1.54, 1.807) is 26.2 Å². The van der Waals surface area contributed by atoms with E-state index in [9.17, 15) is 9.59 Å². The summed E-state index contributed by atoms with van der Waals surface area (Å²) in [4.78, 5) is 25.2. The van der Waals surface area contributed by atoms with Gasteiger partial charge in [0.25, 0.3) is 0 Å². The van der Waals surface area contributed by atoms with E-state index in [0.29, 0.717) is 22.5 Å². The van der Waals surface area contributed by atoms with Crippen LogP contribution in [0, 0.1) is 0 Å². The van der Waals surface area contributed by atoms with Crippen LogP contribution >= 0.6 is 0 Å². The topological polar surface area (TPSA) is 102 Å². The summed E-state index contributed by atoms with van der Waals surface area (Å²) in [6.45, 7) is 4.01. The van der Waals surface area contributed by atoms with Gasteiger partial charge in [-0.2, -0.15) is 10.2 Å². The van der Waals surface area contributed by atoms with Crippen molar-refractivity contribution in [1.29, 1.82) is 0 Å². The molecule has 24 heavy (non-hydrogen) atoms. The zero-order valence-electron chi connectivity index (χ0n) is 14.0. The summed E-state index contributed by atoms with van der Waals surface area (Å²) < 4.78 is 0. The van der Waals surface area contributed by atoms with E-state index in [1.807, 2.05) is 19.9 Å². The lowest BCUT2D eigenvalue weighted by molar-refractivity contribution is 0.104. The van der Waals surface area contributed by atoms with Crippen molar-refractivity contribution in [1.82, 2.24) is 26.2 Å². The normalized spacial score (nSPS) is 12.3.